The Balaban J connectivity index is 1.64. The third-order valence-corrected chi connectivity index (χ3v) is 5.67. The summed E-state index contributed by atoms with van der Waals surface area (Å²) >= 11 is 0. The number of hydrogen-bond donors (Lipinski definition) is 0. The minimum Gasteiger partial charge on any atom is -0.454 e. The SMILES string of the molecule is O=C(OC(CC(OC(=O)c1ccccc1)c1ccc2ccccc2c1)C(F)(F)F)C(=O)c1ccccc1. The molecule has 0 aromatic heterocycles. The van der Waals surface area contributed by atoms with E-state index in [4.69, 9.17) is 4.74 Å². The Morgan fingerprint density at radius 2 is 1.24 bits per heavy atom. The lowest BCUT2D eigenvalue weighted by molar-refractivity contribution is -0.224. The number of carbonyl (C=O) groups is 3. The molecule has 0 aliphatic rings. The van der Waals surface area contributed by atoms with Crippen molar-refractivity contribution in [1.29, 1.82) is 0 Å². The molecule has 4 aromatic rings. The van der Waals surface area contributed by atoms with Gasteiger partial charge in [0.15, 0.2) is 0 Å². The number of Topliss-reactive ketones (excluding diaryl/α,β-unsaturated/α-hetero) is 1. The van der Waals surface area contributed by atoms with Gasteiger partial charge in [-0.2, -0.15) is 13.2 Å². The van der Waals surface area contributed by atoms with E-state index in [1.807, 2.05) is 12.1 Å². The van der Waals surface area contributed by atoms with Crippen LogP contribution in [0.1, 0.15) is 38.8 Å². The smallest absolute Gasteiger partial charge is 0.425 e. The Labute approximate surface area is 210 Å². The molecular formula is C29H21F3O5. The number of alkyl halides is 3. The van der Waals surface area contributed by atoms with Crippen molar-refractivity contribution in [2.45, 2.75) is 24.8 Å². The number of ether oxygens (including phenoxy) is 2. The molecular weight excluding hydrogens is 485 g/mol. The molecule has 2 atom stereocenters. The van der Waals surface area contributed by atoms with Gasteiger partial charge in [0.2, 0.25) is 6.10 Å². The van der Waals surface area contributed by atoms with E-state index in [1.54, 1.807) is 54.6 Å². The summed E-state index contributed by atoms with van der Waals surface area (Å²) in [5, 5.41) is 1.56. The molecule has 0 heterocycles. The maximum absolute atomic E-state index is 14.0. The fraction of sp³-hybridized carbons (Fsp3) is 0.138. The van der Waals surface area contributed by atoms with Gasteiger partial charge in [0.1, 0.15) is 6.10 Å². The molecule has 0 saturated carbocycles. The van der Waals surface area contributed by atoms with Crippen LogP contribution in [-0.2, 0) is 14.3 Å². The van der Waals surface area contributed by atoms with Crippen LogP contribution in [-0.4, -0.2) is 30.0 Å². The van der Waals surface area contributed by atoms with Crippen LogP contribution in [0.2, 0.25) is 0 Å². The van der Waals surface area contributed by atoms with E-state index in [9.17, 15) is 27.6 Å². The molecule has 0 saturated heterocycles. The highest BCUT2D eigenvalue weighted by Crippen LogP contribution is 2.34. The molecule has 2 unspecified atom stereocenters. The van der Waals surface area contributed by atoms with Crippen molar-refractivity contribution in [3.8, 4) is 0 Å². The summed E-state index contributed by atoms with van der Waals surface area (Å²) < 4.78 is 52.2. The normalized spacial score (nSPS) is 12.9. The van der Waals surface area contributed by atoms with Crippen molar-refractivity contribution in [2.75, 3.05) is 0 Å². The summed E-state index contributed by atoms with van der Waals surface area (Å²) in [6, 6.07) is 27.0. The van der Waals surface area contributed by atoms with Crippen molar-refractivity contribution >= 4 is 28.5 Å². The van der Waals surface area contributed by atoms with Gasteiger partial charge in [0.25, 0.3) is 5.78 Å². The van der Waals surface area contributed by atoms with Gasteiger partial charge in [-0.05, 0) is 34.5 Å². The zero-order valence-electron chi connectivity index (χ0n) is 19.4. The number of esters is 2. The highest BCUT2D eigenvalue weighted by molar-refractivity contribution is 6.40. The number of carbonyl (C=O) groups excluding carboxylic acids is 3. The number of halogens is 3. The molecule has 188 valence electrons. The summed E-state index contributed by atoms with van der Waals surface area (Å²) in [6.45, 7) is 0. The van der Waals surface area contributed by atoms with E-state index in [0.717, 1.165) is 10.8 Å². The van der Waals surface area contributed by atoms with Gasteiger partial charge in [-0.25, -0.2) is 9.59 Å². The van der Waals surface area contributed by atoms with Gasteiger partial charge in [0, 0.05) is 12.0 Å². The molecule has 0 aliphatic heterocycles. The monoisotopic (exact) mass is 506 g/mol. The van der Waals surface area contributed by atoms with E-state index in [2.05, 4.69) is 4.74 Å². The lowest BCUT2D eigenvalue weighted by Gasteiger charge is -2.26. The van der Waals surface area contributed by atoms with E-state index < -0.39 is 42.5 Å². The molecule has 0 N–H and O–H groups in total. The van der Waals surface area contributed by atoms with Crippen LogP contribution in [0.5, 0.6) is 0 Å². The average molecular weight is 506 g/mol. The van der Waals surface area contributed by atoms with Gasteiger partial charge in [-0.3, -0.25) is 4.79 Å². The van der Waals surface area contributed by atoms with Crippen molar-refractivity contribution in [1.82, 2.24) is 0 Å². The van der Waals surface area contributed by atoms with E-state index in [1.165, 1.54) is 36.4 Å². The molecule has 0 amide bonds. The second-order valence-electron chi connectivity index (χ2n) is 8.23. The standard InChI is InChI=1S/C29H21F3O5/c30-29(31,32)25(37-28(35)26(33)20-10-3-1-4-11-20)18-24(36-27(34)21-12-5-2-6-13-21)23-16-15-19-9-7-8-14-22(19)17-23/h1-17,24-25H,18H2. The lowest BCUT2D eigenvalue weighted by atomic mass is 9.99. The zero-order chi connectivity index (χ0) is 26.4. The van der Waals surface area contributed by atoms with Gasteiger partial charge < -0.3 is 9.47 Å². The summed E-state index contributed by atoms with van der Waals surface area (Å²) in [6.07, 6.45) is -10.1. The fourth-order valence-corrected chi connectivity index (χ4v) is 3.76. The predicted molar refractivity (Wildman–Crippen MR) is 130 cm³/mol. The maximum Gasteiger partial charge on any atom is 0.425 e. The quantitative estimate of drug-likeness (QED) is 0.155. The minimum atomic E-state index is -5.03. The largest absolute Gasteiger partial charge is 0.454 e. The summed E-state index contributed by atoms with van der Waals surface area (Å²) in [7, 11) is 0. The van der Waals surface area contributed by atoms with Crippen LogP contribution in [0.4, 0.5) is 13.2 Å². The van der Waals surface area contributed by atoms with Crippen LogP contribution < -0.4 is 0 Å². The Morgan fingerprint density at radius 3 is 1.86 bits per heavy atom. The molecule has 0 radical (unpaired) electrons. The third kappa shape index (κ3) is 6.41. The van der Waals surface area contributed by atoms with Gasteiger partial charge >= 0.3 is 18.1 Å². The molecule has 4 rings (SSSR count). The first kappa shape index (κ1) is 25.6. The first-order valence-electron chi connectivity index (χ1n) is 11.3. The number of benzene rings is 4. The second kappa shape index (κ2) is 11.1. The highest BCUT2D eigenvalue weighted by atomic mass is 19.4. The van der Waals surface area contributed by atoms with Gasteiger partial charge in [-0.1, -0.05) is 84.9 Å². The Morgan fingerprint density at radius 1 is 0.676 bits per heavy atom. The first-order chi connectivity index (χ1) is 17.7. The highest BCUT2D eigenvalue weighted by Gasteiger charge is 2.46. The van der Waals surface area contributed by atoms with Gasteiger partial charge in [-0.15, -0.1) is 0 Å². The van der Waals surface area contributed by atoms with Crippen molar-refractivity contribution in [3.63, 3.8) is 0 Å². The minimum absolute atomic E-state index is 0.102. The number of ketones is 1. The molecule has 0 aliphatic carbocycles. The lowest BCUT2D eigenvalue weighted by Crippen LogP contribution is -2.38. The summed E-state index contributed by atoms with van der Waals surface area (Å²) in [5.41, 5.74) is 0.325. The predicted octanol–water partition coefficient (Wildman–Crippen LogP) is 6.49. The van der Waals surface area contributed by atoms with Crippen LogP contribution in [0.15, 0.2) is 103 Å². The van der Waals surface area contributed by atoms with Crippen LogP contribution in [0.3, 0.4) is 0 Å². The van der Waals surface area contributed by atoms with E-state index in [-0.39, 0.29) is 16.7 Å². The molecule has 0 bridgehead atoms. The molecule has 0 spiro atoms. The van der Waals surface area contributed by atoms with Crippen molar-refractivity contribution in [2.24, 2.45) is 0 Å². The number of hydrogen-bond acceptors (Lipinski definition) is 5. The zero-order valence-corrected chi connectivity index (χ0v) is 19.4. The van der Waals surface area contributed by atoms with Crippen LogP contribution in [0.25, 0.3) is 10.8 Å². The van der Waals surface area contributed by atoms with E-state index >= 15 is 0 Å². The average Bonchev–Trinajstić information content (AvgIpc) is 2.91. The summed E-state index contributed by atoms with van der Waals surface area (Å²) in [5.74, 6) is -3.70. The Hall–Kier alpha value is -4.46. The third-order valence-electron chi connectivity index (χ3n) is 5.67. The summed E-state index contributed by atoms with van der Waals surface area (Å²) in [4.78, 5) is 37.5. The molecule has 8 heteroatoms. The molecule has 0 fully saturated rings. The van der Waals surface area contributed by atoms with Crippen LogP contribution in [0, 0.1) is 0 Å². The number of fused-ring (bicyclic) bond motifs is 1. The van der Waals surface area contributed by atoms with Crippen molar-refractivity contribution in [3.05, 3.63) is 120 Å². The molecule has 37 heavy (non-hydrogen) atoms. The number of rotatable bonds is 8. The molecule has 5 nitrogen and oxygen atoms in total. The topological polar surface area (TPSA) is 69.7 Å². The fourth-order valence-electron chi connectivity index (χ4n) is 3.76. The first-order valence-corrected chi connectivity index (χ1v) is 11.3. The Kier molecular flexibility index (Phi) is 7.67. The molecule has 4 aromatic carbocycles. The van der Waals surface area contributed by atoms with Crippen LogP contribution >= 0.6 is 0 Å². The second-order valence-corrected chi connectivity index (χ2v) is 8.23. The van der Waals surface area contributed by atoms with Crippen molar-refractivity contribution < 1.29 is 37.0 Å². The van der Waals surface area contributed by atoms with Gasteiger partial charge in [0.05, 0.1) is 5.56 Å². The van der Waals surface area contributed by atoms with E-state index in [0.29, 0.717) is 0 Å². The Bertz CT molecular complexity index is 1400. The maximum atomic E-state index is 14.0.